The number of carboxylic acids is 1. The summed E-state index contributed by atoms with van der Waals surface area (Å²) < 4.78 is 13.6. The molecule has 1 N–H and O–H groups in total. The van der Waals surface area contributed by atoms with Crippen molar-refractivity contribution in [3.05, 3.63) is 47.8 Å². The summed E-state index contributed by atoms with van der Waals surface area (Å²) >= 11 is 0. The molecule has 0 aromatic heterocycles. The van der Waals surface area contributed by atoms with E-state index >= 15 is 0 Å². The molecule has 0 heterocycles. The van der Waals surface area contributed by atoms with Crippen LogP contribution in [0.1, 0.15) is 24.8 Å². The van der Waals surface area contributed by atoms with E-state index in [0.717, 1.165) is 23.8 Å². The van der Waals surface area contributed by atoms with Gasteiger partial charge in [0.1, 0.15) is 5.82 Å². The summed E-state index contributed by atoms with van der Waals surface area (Å²) in [7, 11) is 0. The lowest BCUT2D eigenvalue weighted by atomic mass is 9.99. The molecule has 0 bridgehead atoms. The summed E-state index contributed by atoms with van der Waals surface area (Å²) in [4.78, 5) is 10.4. The number of rotatable bonds is 5. The molecular weight excluding hydrogens is 231 g/mol. The Morgan fingerprint density at radius 2 is 1.78 bits per heavy atom. The van der Waals surface area contributed by atoms with Crippen LogP contribution in [-0.2, 0) is 11.2 Å². The Bertz CT molecular complexity index is 563. The van der Waals surface area contributed by atoms with E-state index in [4.69, 9.17) is 5.11 Å². The van der Waals surface area contributed by atoms with Gasteiger partial charge in [0.15, 0.2) is 0 Å². The van der Waals surface area contributed by atoms with Crippen LogP contribution < -0.4 is 0 Å². The molecular formula is C15H15FO2. The summed E-state index contributed by atoms with van der Waals surface area (Å²) in [6.07, 6.45) is 2.44. The number of halogens is 1. The van der Waals surface area contributed by atoms with Gasteiger partial charge in [-0.2, -0.15) is 0 Å². The van der Waals surface area contributed by atoms with Crippen LogP contribution in [0.25, 0.3) is 10.8 Å². The van der Waals surface area contributed by atoms with Gasteiger partial charge in [0.25, 0.3) is 0 Å². The van der Waals surface area contributed by atoms with Crippen molar-refractivity contribution in [1.82, 2.24) is 0 Å². The molecule has 18 heavy (non-hydrogen) atoms. The lowest BCUT2D eigenvalue weighted by Gasteiger charge is -2.07. The standard InChI is InChI=1S/C15H15FO2/c16-14-10-9-11(5-1-4-8-15(17)18)12-6-2-3-7-13(12)14/h2-3,6-7,9-10H,1,4-5,8H2,(H,17,18). The number of fused-ring (bicyclic) bond motifs is 1. The fourth-order valence-corrected chi connectivity index (χ4v) is 2.13. The van der Waals surface area contributed by atoms with E-state index < -0.39 is 5.97 Å². The Labute approximate surface area is 105 Å². The van der Waals surface area contributed by atoms with Gasteiger partial charge >= 0.3 is 5.97 Å². The Morgan fingerprint density at radius 3 is 2.50 bits per heavy atom. The highest BCUT2D eigenvalue weighted by Gasteiger charge is 2.05. The molecule has 3 heteroatoms. The number of carboxylic acid groups (broad SMARTS) is 1. The van der Waals surface area contributed by atoms with Gasteiger partial charge in [-0.05, 0) is 36.3 Å². The number of unbranched alkanes of at least 4 members (excludes halogenated alkanes) is 1. The van der Waals surface area contributed by atoms with E-state index in [9.17, 15) is 9.18 Å². The van der Waals surface area contributed by atoms with Gasteiger partial charge in [0.05, 0.1) is 0 Å². The molecule has 0 radical (unpaired) electrons. The maximum Gasteiger partial charge on any atom is 0.303 e. The zero-order chi connectivity index (χ0) is 13.0. The SMILES string of the molecule is O=C(O)CCCCc1ccc(F)c2ccccc12. The Hall–Kier alpha value is -1.90. The van der Waals surface area contributed by atoms with Gasteiger partial charge < -0.3 is 5.11 Å². The van der Waals surface area contributed by atoms with Crippen molar-refractivity contribution < 1.29 is 14.3 Å². The summed E-state index contributed by atoms with van der Waals surface area (Å²) in [5.74, 6) is -0.973. The van der Waals surface area contributed by atoms with Crippen molar-refractivity contribution in [2.75, 3.05) is 0 Å². The molecule has 0 atom stereocenters. The van der Waals surface area contributed by atoms with Crippen LogP contribution in [0.3, 0.4) is 0 Å². The number of aryl methyl sites for hydroxylation is 1. The zero-order valence-electron chi connectivity index (χ0n) is 10.0. The average Bonchev–Trinajstić information content (AvgIpc) is 2.37. The van der Waals surface area contributed by atoms with Crippen molar-refractivity contribution in [3.8, 4) is 0 Å². The fourth-order valence-electron chi connectivity index (χ4n) is 2.13. The van der Waals surface area contributed by atoms with E-state index in [0.29, 0.717) is 11.8 Å². The van der Waals surface area contributed by atoms with Crippen LogP contribution in [-0.4, -0.2) is 11.1 Å². The highest BCUT2D eigenvalue weighted by atomic mass is 19.1. The quantitative estimate of drug-likeness (QED) is 0.815. The van der Waals surface area contributed by atoms with Crippen LogP contribution in [0.2, 0.25) is 0 Å². The second-order valence-electron chi connectivity index (χ2n) is 4.35. The highest BCUT2D eigenvalue weighted by molar-refractivity contribution is 5.86. The van der Waals surface area contributed by atoms with Crippen LogP contribution in [0, 0.1) is 5.82 Å². The van der Waals surface area contributed by atoms with Crippen molar-refractivity contribution >= 4 is 16.7 Å². The first-order chi connectivity index (χ1) is 8.68. The molecule has 0 unspecified atom stereocenters. The Morgan fingerprint density at radius 1 is 1.06 bits per heavy atom. The Kier molecular flexibility index (Phi) is 3.92. The summed E-state index contributed by atoms with van der Waals surface area (Å²) in [5.41, 5.74) is 1.08. The second kappa shape index (κ2) is 5.63. The van der Waals surface area contributed by atoms with Gasteiger partial charge in [-0.25, -0.2) is 4.39 Å². The molecule has 0 spiro atoms. The van der Waals surface area contributed by atoms with Gasteiger partial charge in [-0.3, -0.25) is 4.79 Å². The third-order valence-electron chi connectivity index (χ3n) is 3.05. The zero-order valence-corrected chi connectivity index (χ0v) is 10.0. The monoisotopic (exact) mass is 246 g/mol. The number of hydrogen-bond acceptors (Lipinski definition) is 1. The summed E-state index contributed by atoms with van der Waals surface area (Å²) in [6.45, 7) is 0. The van der Waals surface area contributed by atoms with E-state index in [-0.39, 0.29) is 12.2 Å². The topological polar surface area (TPSA) is 37.3 Å². The highest BCUT2D eigenvalue weighted by Crippen LogP contribution is 2.23. The van der Waals surface area contributed by atoms with Crippen molar-refractivity contribution in [2.45, 2.75) is 25.7 Å². The maximum absolute atomic E-state index is 13.6. The van der Waals surface area contributed by atoms with Crippen LogP contribution >= 0.6 is 0 Å². The van der Waals surface area contributed by atoms with Crippen LogP contribution in [0.15, 0.2) is 36.4 Å². The number of hydrogen-bond donors (Lipinski definition) is 1. The molecule has 2 aromatic rings. The lowest BCUT2D eigenvalue weighted by Crippen LogP contribution is -1.95. The fraction of sp³-hybridized carbons (Fsp3) is 0.267. The minimum Gasteiger partial charge on any atom is -0.481 e. The summed E-state index contributed by atoms with van der Waals surface area (Å²) in [5, 5.41) is 10.1. The average molecular weight is 246 g/mol. The molecule has 2 rings (SSSR count). The van der Waals surface area contributed by atoms with Crippen molar-refractivity contribution in [3.63, 3.8) is 0 Å². The van der Waals surface area contributed by atoms with Crippen molar-refractivity contribution in [1.29, 1.82) is 0 Å². The summed E-state index contributed by atoms with van der Waals surface area (Å²) in [6, 6.07) is 10.7. The van der Waals surface area contributed by atoms with Gasteiger partial charge in [-0.1, -0.05) is 30.3 Å². The first-order valence-corrected chi connectivity index (χ1v) is 6.06. The van der Waals surface area contributed by atoms with E-state index in [1.54, 1.807) is 12.1 Å². The van der Waals surface area contributed by atoms with Crippen LogP contribution in [0.4, 0.5) is 4.39 Å². The molecule has 2 nitrogen and oxygen atoms in total. The molecule has 0 aliphatic heterocycles. The van der Waals surface area contributed by atoms with E-state index in [1.165, 1.54) is 6.07 Å². The minimum absolute atomic E-state index is 0.194. The molecule has 0 fully saturated rings. The number of carbonyl (C=O) groups is 1. The smallest absolute Gasteiger partial charge is 0.303 e. The molecule has 0 aliphatic carbocycles. The van der Waals surface area contributed by atoms with Crippen LogP contribution in [0.5, 0.6) is 0 Å². The van der Waals surface area contributed by atoms with Gasteiger partial charge in [-0.15, -0.1) is 0 Å². The second-order valence-corrected chi connectivity index (χ2v) is 4.35. The maximum atomic E-state index is 13.6. The third kappa shape index (κ3) is 2.86. The molecule has 0 saturated heterocycles. The van der Waals surface area contributed by atoms with Gasteiger partial charge in [0, 0.05) is 11.8 Å². The predicted molar refractivity (Wildman–Crippen MR) is 69.1 cm³/mol. The lowest BCUT2D eigenvalue weighted by molar-refractivity contribution is -0.137. The minimum atomic E-state index is -0.765. The van der Waals surface area contributed by atoms with Crippen molar-refractivity contribution in [2.24, 2.45) is 0 Å². The van der Waals surface area contributed by atoms with E-state index in [1.807, 2.05) is 18.2 Å². The normalized spacial score (nSPS) is 10.7. The van der Waals surface area contributed by atoms with Gasteiger partial charge in [0.2, 0.25) is 0 Å². The van der Waals surface area contributed by atoms with E-state index in [2.05, 4.69) is 0 Å². The molecule has 0 saturated carbocycles. The predicted octanol–water partition coefficient (Wildman–Crippen LogP) is 3.78. The number of aliphatic carboxylic acids is 1. The largest absolute Gasteiger partial charge is 0.481 e. The molecule has 0 amide bonds. The molecule has 94 valence electrons. The Balaban J connectivity index is 2.14. The number of benzene rings is 2. The molecule has 0 aliphatic rings. The first kappa shape index (κ1) is 12.6. The molecule has 2 aromatic carbocycles. The third-order valence-corrected chi connectivity index (χ3v) is 3.05. The first-order valence-electron chi connectivity index (χ1n) is 6.06.